The standard InChI is InChI=1S/C20H20N2O6S/c23-18(15-8-10-16(11-9-15)22-12-4-7-19(22)24)14-28-20(25)13-21-29(26,27)17-5-2-1-3-6-17/h1-3,5-6,8-11,21H,4,7,12-14H2. The van der Waals surface area contributed by atoms with Crippen molar-refractivity contribution < 1.29 is 27.5 Å². The summed E-state index contributed by atoms with van der Waals surface area (Å²) in [6, 6.07) is 14.1. The number of amides is 1. The zero-order chi connectivity index (χ0) is 20.9. The molecule has 1 aliphatic heterocycles. The van der Waals surface area contributed by atoms with E-state index in [0.29, 0.717) is 18.5 Å². The van der Waals surface area contributed by atoms with E-state index in [1.807, 2.05) is 0 Å². The monoisotopic (exact) mass is 416 g/mol. The summed E-state index contributed by atoms with van der Waals surface area (Å²) >= 11 is 0. The van der Waals surface area contributed by atoms with Gasteiger partial charge in [-0.15, -0.1) is 0 Å². The number of carbonyl (C=O) groups excluding carboxylic acids is 3. The predicted octanol–water partition coefficient (Wildman–Crippen LogP) is 1.52. The average molecular weight is 416 g/mol. The summed E-state index contributed by atoms with van der Waals surface area (Å²) in [7, 11) is -3.83. The van der Waals surface area contributed by atoms with Crippen LogP contribution in [0, 0.1) is 0 Å². The number of rotatable bonds is 8. The summed E-state index contributed by atoms with van der Waals surface area (Å²) in [5.41, 5.74) is 1.05. The number of anilines is 1. The van der Waals surface area contributed by atoms with Crippen molar-refractivity contribution in [1.29, 1.82) is 0 Å². The van der Waals surface area contributed by atoms with Gasteiger partial charge in [0.1, 0.15) is 6.54 Å². The van der Waals surface area contributed by atoms with Gasteiger partial charge in [0.2, 0.25) is 15.9 Å². The Morgan fingerprint density at radius 3 is 2.34 bits per heavy atom. The molecular formula is C20H20N2O6S. The fraction of sp³-hybridized carbons (Fsp3) is 0.250. The van der Waals surface area contributed by atoms with Crippen molar-refractivity contribution >= 4 is 33.4 Å². The maximum atomic E-state index is 12.2. The molecule has 29 heavy (non-hydrogen) atoms. The van der Waals surface area contributed by atoms with Crippen LogP contribution in [0.4, 0.5) is 5.69 Å². The van der Waals surface area contributed by atoms with E-state index in [2.05, 4.69) is 4.72 Å². The van der Waals surface area contributed by atoms with Gasteiger partial charge in [0.25, 0.3) is 0 Å². The van der Waals surface area contributed by atoms with Gasteiger partial charge < -0.3 is 9.64 Å². The summed E-state index contributed by atoms with van der Waals surface area (Å²) in [6.45, 7) is -0.433. The lowest BCUT2D eigenvalue weighted by Crippen LogP contribution is -2.31. The van der Waals surface area contributed by atoms with Gasteiger partial charge in [-0.2, -0.15) is 4.72 Å². The topological polar surface area (TPSA) is 110 Å². The Hall–Kier alpha value is -3.04. The highest BCUT2D eigenvalue weighted by Gasteiger charge is 2.22. The van der Waals surface area contributed by atoms with E-state index in [9.17, 15) is 22.8 Å². The van der Waals surface area contributed by atoms with E-state index in [0.717, 1.165) is 12.1 Å². The maximum Gasteiger partial charge on any atom is 0.321 e. The van der Waals surface area contributed by atoms with Crippen LogP contribution >= 0.6 is 0 Å². The first-order valence-corrected chi connectivity index (χ1v) is 10.5. The minimum Gasteiger partial charge on any atom is -0.456 e. The predicted molar refractivity (Wildman–Crippen MR) is 105 cm³/mol. The summed E-state index contributed by atoms with van der Waals surface area (Å²) < 4.78 is 31.1. The van der Waals surface area contributed by atoms with Crippen LogP contribution < -0.4 is 9.62 Å². The molecule has 1 fully saturated rings. The molecule has 0 unspecified atom stereocenters. The molecule has 152 valence electrons. The molecule has 0 radical (unpaired) electrons. The summed E-state index contributed by atoms with van der Waals surface area (Å²) in [5, 5.41) is 0. The van der Waals surface area contributed by atoms with Crippen LogP contribution in [0.1, 0.15) is 23.2 Å². The number of hydrogen-bond acceptors (Lipinski definition) is 6. The number of benzene rings is 2. The Morgan fingerprint density at radius 2 is 1.72 bits per heavy atom. The third-order valence-electron chi connectivity index (χ3n) is 4.40. The number of sulfonamides is 1. The number of nitrogens with zero attached hydrogens (tertiary/aromatic N) is 1. The van der Waals surface area contributed by atoms with E-state index < -0.39 is 34.9 Å². The highest BCUT2D eigenvalue weighted by atomic mass is 32.2. The maximum absolute atomic E-state index is 12.2. The molecule has 1 aliphatic rings. The second kappa shape index (κ2) is 8.97. The molecule has 1 saturated heterocycles. The van der Waals surface area contributed by atoms with Crippen molar-refractivity contribution in [1.82, 2.24) is 4.72 Å². The Kier molecular flexibility index (Phi) is 6.40. The van der Waals surface area contributed by atoms with E-state index in [4.69, 9.17) is 4.74 Å². The number of Topliss-reactive ketones (excluding diaryl/α,β-unsaturated/α-hetero) is 1. The van der Waals surface area contributed by atoms with Gasteiger partial charge in [0.05, 0.1) is 4.90 Å². The van der Waals surface area contributed by atoms with Crippen LogP contribution in [-0.2, 0) is 24.3 Å². The minimum atomic E-state index is -3.83. The molecule has 0 saturated carbocycles. The van der Waals surface area contributed by atoms with Gasteiger partial charge in [0.15, 0.2) is 12.4 Å². The molecule has 2 aromatic carbocycles. The number of ether oxygens (including phenoxy) is 1. The van der Waals surface area contributed by atoms with Crippen LogP contribution in [-0.4, -0.2) is 45.8 Å². The second-order valence-corrected chi connectivity index (χ2v) is 8.18. The Morgan fingerprint density at radius 1 is 1.03 bits per heavy atom. The lowest BCUT2D eigenvalue weighted by molar-refractivity contribution is -0.141. The van der Waals surface area contributed by atoms with Crippen LogP contribution in [0.3, 0.4) is 0 Å². The first-order chi connectivity index (χ1) is 13.9. The quantitative estimate of drug-likeness (QED) is 0.516. The normalized spacial score (nSPS) is 14.1. The van der Waals surface area contributed by atoms with Gasteiger partial charge >= 0.3 is 5.97 Å². The first-order valence-electron chi connectivity index (χ1n) is 9.01. The fourth-order valence-electron chi connectivity index (χ4n) is 2.87. The molecule has 0 atom stereocenters. The zero-order valence-corrected chi connectivity index (χ0v) is 16.4. The average Bonchev–Trinajstić information content (AvgIpc) is 3.17. The molecule has 1 heterocycles. The molecule has 0 aliphatic carbocycles. The molecule has 0 spiro atoms. The second-order valence-electron chi connectivity index (χ2n) is 6.42. The van der Waals surface area contributed by atoms with Crippen LogP contribution in [0.5, 0.6) is 0 Å². The minimum absolute atomic E-state index is 0.0282. The summed E-state index contributed by atoms with van der Waals surface area (Å²) in [5.74, 6) is -1.24. The van der Waals surface area contributed by atoms with Gasteiger partial charge in [-0.25, -0.2) is 8.42 Å². The molecule has 2 aromatic rings. The Labute approximate surface area is 168 Å². The van der Waals surface area contributed by atoms with Crippen molar-refractivity contribution in [3.8, 4) is 0 Å². The molecule has 1 amide bonds. The van der Waals surface area contributed by atoms with Gasteiger partial charge in [-0.1, -0.05) is 18.2 Å². The van der Waals surface area contributed by atoms with Crippen molar-refractivity contribution in [2.24, 2.45) is 0 Å². The molecule has 0 aromatic heterocycles. The van der Waals surface area contributed by atoms with Crippen molar-refractivity contribution in [2.45, 2.75) is 17.7 Å². The molecule has 3 rings (SSSR count). The van der Waals surface area contributed by atoms with Crippen LogP contribution in [0.15, 0.2) is 59.5 Å². The third kappa shape index (κ3) is 5.27. The number of hydrogen-bond donors (Lipinski definition) is 1. The lowest BCUT2D eigenvalue weighted by atomic mass is 10.1. The molecule has 0 bridgehead atoms. The molecular weight excluding hydrogens is 396 g/mol. The molecule has 8 nitrogen and oxygen atoms in total. The first kappa shape index (κ1) is 20.7. The van der Waals surface area contributed by atoms with Crippen molar-refractivity contribution in [3.05, 3.63) is 60.2 Å². The largest absolute Gasteiger partial charge is 0.456 e. The van der Waals surface area contributed by atoms with Gasteiger partial charge in [-0.05, 0) is 42.8 Å². The summed E-state index contributed by atoms with van der Waals surface area (Å²) in [6.07, 6.45) is 1.33. The zero-order valence-electron chi connectivity index (χ0n) is 15.5. The number of carbonyl (C=O) groups is 3. The van der Waals surface area contributed by atoms with Gasteiger partial charge in [-0.3, -0.25) is 14.4 Å². The SMILES string of the molecule is O=C(CNS(=O)(=O)c1ccccc1)OCC(=O)c1ccc(N2CCCC2=O)cc1. The van der Waals surface area contributed by atoms with E-state index >= 15 is 0 Å². The third-order valence-corrected chi connectivity index (χ3v) is 5.82. The number of esters is 1. The Balaban J connectivity index is 1.48. The highest BCUT2D eigenvalue weighted by molar-refractivity contribution is 7.89. The Bertz CT molecular complexity index is 1000. The van der Waals surface area contributed by atoms with Crippen molar-refractivity contribution in [2.75, 3.05) is 24.6 Å². The highest BCUT2D eigenvalue weighted by Crippen LogP contribution is 2.21. The van der Waals surface area contributed by atoms with Crippen LogP contribution in [0.2, 0.25) is 0 Å². The van der Waals surface area contributed by atoms with Crippen molar-refractivity contribution in [3.63, 3.8) is 0 Å². The van der Waals surface area contributed by atoms with Crippen LogP contribution in [0.25, 0.3) is 0 Å². The molecule has 1 N–H and O–H groups in total. The summed E-state index contributed by atoms with van der Waals surface area (Å²) in [4.78, 5) is 37.4. The number of ketones is 1. The smallest absolute Gasteiger partial charge is 0.321 e. The molecule has 9 heteroatoms. The van der Waals surface area contributed by atoms with E-state index in [-0.39, 0.29) is 10.8 Å². The van der Waals surface area contributed by atoms with E-state index in [1.165, 1.54) is 12.1 Å². The van der Waals surface area contributed by atoms with E-state index in [1.54, 1.807) is 47.4 Å². The number of nitrogens with one attached hydrogen (secondary N) is 1. The van der Waals surface area contributed by atoms with Gasteiger partial charge in [0, 0.05) is 24.2 Å². The fourth-order valence-corrected chi connectivity index (χ4v) is 3.86. The lowest BCUT2D eigenvalue weighted by Gasteiger charge is -2.15.